The van der Waals surface area contributed by atoms with Gasteiger partial charge in [0.1, 0.15) is 11.5 Å². The number of ether oxygens (including phenoxy) is 1. The summed E-state index contributed by atoms with van der Waals surface area (Å²) in [6.45, 7) is 11.9. The molecule has 0 atom stereocenters. The van der Waals surface area contributed by atoms with Crippen molar-refractivity contribution >= 4 is 5.91 Å². The van der Waals surface area contributed by atoms with E-state index in [0.717, 1.165) is 76.0 Å². The van der Waals surface area contributed by atoms with E-state index in [1.807, 2.05) is 11.9 Å². The van der Waals surface area contributed by atoms with Gasteiger partial charge in [0.15, 0.2) is 0 Å². The maximum atomic E-state index is 13.0. The Kier molecular flexibility index (Phi) is 9.09. The van der Waals surface area contributed by atoms with Crippen LogP contribution in [0.15, 0.2) is 48.2 Å². The van der Waals surface area contributed by atoms with E-state index in [0.29, 0.717) is 12.5 Å². The van der Waals surface area contributed by atoms with Crippen LogP contribution in [0.1, 0.15) is 81.9 Å². The number of rotatable bonds is 13. The Morgan fingerprint density at radius 2 is 1.85 bits per heavy atom. The van der Waals surface area contributed by atoms with E-state index in [4.69, 9.17) is 4.74 Å². The summed E-state index contributed by atoms with van der Waals surface area (Å²) < 4.78 is 6.21. The van der Waals surface area contributed by atoms with E-state index in [1.165, 1.54) is 47.1 Å². The molecule has 0 spiro atoms. The van der Waals surface area contributed by atoms with Crippen LogP contribution in [0.2, 0.25) is 0 Å². The molecule has 1 amide bonds. The molecule has 1 heterocycles. The van der Waals surface area contributed by atoms with Crippen molar-refractivity contribution in [3.63, 3.8) is 0 Å². The summed E-state index contributed by atoms with van der Waals surface area (Å²) in [4.78, 5) is 19.8. The van der Waals surface area contributed by atoms with Crippen LogP contribution in [0.3, 0.4) is 0 Å². The lowest BCUT2D eigenvalue weighted by atomic mass is 9.89. The third kappa shape index (κ3) is 6.75. The molecule has 1 fully saturated rings. The van der Waals surface area contributed by atoms with Gasteiger partial charge in [-0.3, -0.25) is 14.6 Å². The third-order valence-corrected chi connectivity index (χ3v) is 9.19. The number of hydrogen-bond acceptors (Lipinski definition) is 4. The summed E-state index contributed by atoms with van der Waals surface area (Å²) >= 11 is 0. The van der Waals surface area contributed by atoms with Crippen molar-refractivity contribution in [3.05, 3.63) is 64.9 Å². The van der Waals surface area contributed by atoms with E-state index in [-0.39, 0.29) is 5.91 Å². The number of benzene rings is 2. The number of likely N-dealkylation sites (N-methyl/N-ethyl adjacent to an activating group) is 2. The van der Waals surface area contributed by atoms with E-state index in [9.17, 15) is 4.79 Å². The second kappa shape index (κ2) is 12.7. The Morgan fingerprint density at radius 3 is 2.51 bits per heavy atom. The van der Waals surface area contributed by atoms with Crippen molar-refractivity contribution in [1.82, 2.24) is 14.7 Å². The zero-order chi connectivity index (χ0) is 27.4. The van der Waals surface area contributed by atoms with Crippen LogP contribution in [0.5, 0.6) is 5.75 Å². The molecule has 0 bridgehead atoms. The molecule has 2 aromatic carbocycles. The van der Waals surface area contributed by atoms with Gasteiger partial charge in [-0.15, -0.1) is 0 Å². The van der Waals surface area contributed by atoms with Crippen LogP contribution in [-0.2, 0) is 17.8 Å². The fourth-order valence-corrected chi connectivity index (χ4v) is 6.12. The van der Waals surface area contributed by atoms with Gasteiger partial charge in [0, 0.05) is 51.3 Å². The van der Waals surface area contributed by atoms with Crippen LogP contribution in [0.4, 0.5) is 0 Å². The summed E-state index contributed by atoms with van der Waals surface area (Å²) in [6, 6.07) is 14.4. The average Bonchev–Trinajstić information content (AvgIpc) is 3.74. The molecule has 0 N–H and O–H groups in total. The summed E-state index contributed by atoms with van der Waals surface area (Å²) in [7, 11) is 1.97. The zero-order valence-electron chi connectivity index (χ0n) is 24.5. The van der Waals surface area contributed by atoms with E-state index >= 15 is 0 Å². The predicted molar refractivity (Wildman–Crippen MR) is 160 cm³/mol. The number of allylic oxidation sites excluding steroid dienone is 2. The van der Waals surface area contributed by atoms with Crippen molar-refractivity contribution < 1.29 is 9.53 Å². The molecule has 0 aromatic heterocycles. The quantitative estimate of drug-likeness (QED) is 0.292. The lowest BCUT2D eigenvalue weighted by molar-refractivity contribution is -0.131. The molecule has 3 aliphatic rings. The molecular formula is C34H47N3O2. The number of hydrogen-bond donors (Lipinski definition) is 0. The highest BCUT2D eigenvalue weighted by molar-refractivity contribution is 5.78. The van der Waals surface area contributed by atoms with Crippen LogP contribution in [0.25, 0.3) is 11.1 Å². The molecule has 5 nitrogen and oxygen atoms in total. The highest BCUT2D eigenvalue weighted by atomic mass is 16.5. The number of carbonyl (C=O) groups is 1. The maximum Gasteiger partial charge on any atom is 0.236 e. The molecule has 2 aromatic rings. The second-order valence-electron chi connectivity index (χ2n) is 11.7. The van der Waals surface area contributed by atoms with Gasteiger partial charge < -0.3 is 9.64 Å². The molecule has 1 aliphatic heterocycles. The first-order valence-electron chi connectivity index (χ1n) is 15.3. The van der Waals surface area contributed by atoms with Gasteiger partial charge in [0.25, 0.3) is 0 Å². The first-order valence-corrected chi connectivity index (χ1v) is 15.3. The lowest BCUT2D eigenvalue weighted by Gasteiger charge is -2.38. The minimum absolute atomic E-state index is 0.231. The summed E-state index contributed by atoms with van der Waals surface area (Å²) in [5.41, 5.74) is 6.55. The van der Waals surface area contributed by atoms with Gasteiger partial charge in [0.2, 0.25) is 5.91 Å². The smallest absolute Gasteiger partial charge is 0.236 e. The highest BCUT2D eigenvalue weighted by Crippen LogP contribution is 2.38. The normalized spacial score (nSPS) is 17.1. The molecule has 210 valence electrons. The van der Waals surface area contributed by atoms with E-state index in [2.05, 4.69) is 73.0 Å². The van der Waals surface area contributed by atoms with Crippen molar-refractivity contribution in [2.24, 2.45) is 0 Å². The predicted octanol–water partition coefficient (Wildman–Crippen LogP) is 6.61. The third-order valence-electron chi connectivity index (χ3n) is 9.19. The molecule has 1 saturated carbocycles. The Morgan fingerprint density at radius 1 is 1.05 bits per heavy atom. The fraction of sp³-hybridized carbons (Fsp3) is 0.559. The van der Waals surface area contributed by atoms with Gasteiger partial charge in [-0.25, -0.2) is 0 Å². The van der Waals surface area contributed by atoms with Gasteiger partial charge >= 0.3 is 0 Å². The van der Waals surface area contributed by atoms with Crippen molar-refractivity contribution in [2.45, 2.75) is 84.2 Å². The fourth-order valence-electron chi connectivity index (χ4n) is 6.12. The Labute approximate surface area is 235 Å². The number of carbonyl (C=O) groups excluding carboxylic acids is 1. The molecule has 5 heteroatoms. The largest absolute Gasteiger partial charge is 0.461 e. The zero-order valence-corrected chi connectivity index (χ0v) is 24.5. The van der Waals surface area contributed by atoms with Crippen molar-refractivity contribution in [3.8, 4) is 16.9 Å². The lowest BCUT2D eigenvalue weighted by Crippen LogP contribution is -2.46. The average molecular weight is 530 g/mol. The van der Waals surface area contributed by atoms with Gasteiger partial charge in [0.05, 0.1) is 6.54 Å². The maximum absolute atomic E-state index is 13.0. The van der Waals surface area contributed by atoms with Crippen molar-refractivity contribution in [2.75, 3.05) is 39.8 Å². The number of fused-ring (bicyclic) bond motifs is 1. The van der Waals surface area contributed by atoms with E-state index < -0.39 is 0 Å². The SMILES string of the molecule is CCC(CC)c1ccc(OC2=CC2)c(-c2ccc3c(c2)CCN(CC(=O)N(C)CCN(CC)C2CCC2)C3)c1. The minimum atomic E-state index is 0.231. The Bertz CT molecular complexity index is 1180. The van der Waals surface area contributed by atoms with Crippen LogP contribution >= 0.6 is 0 Å². The van der Waals surface area contributed by atoms with Gasteiger partial charge in [-0.1, -0.05) is 51.5 Å². The number of nitrogens with zero attached hydrogens (tertiary/aromatic N) is 3. The molecule has 0 unspecified atom stereocenters. The van der Waals surface area contributed by atoms with Crippen LogP contribution < -0.4 is 4.74 Å². The van der Waals surface area contributed by atoms with Crippen LogP contribution in [0, 0.1) is 0 Å². The minimum Gasteiger partial charge on any atom is -0.461 e. The topological polar surface area (TPSA) is 36.0 Å². The molecule has 39 heavy (non-hydrogen) atoms. The standard InChI is InChI=1S/C34H47N3O2/c1-5-25(6-2)26-13-16-33(39-31-14-15-31)32(22-26)28-11-12-29-23-36(18-17-27(29)21-28)24-34(38)35(4)19-20-37(7-3)30-9-8-10-30/h11-14,16,21-22,25,30H,5-10,15,17-20,23-24H2,1-4H3. The number of amides is 1. The monoisotopic (exact) mass is 529 g/mol. The summed E-state index contributed by atoms with van der Waals surface area (Å²) in [6.07, 6.45) is 10.3. The summed E-state index contributed by atoms with van der Waals surface area (Å²) in [5, 5.41) is 0. The van der Waals surface area contributed by atoms with Gasteiger partial charge in [-0.05, 0) is 85.0 Å². The summed E-state index contributed by atoms with van der Waals surface area (Å²) in [5.74, 6) is 2.83. The Hall–Kier alpha value is -2.63. The molecule has 0 radical (unpaired) electrons. The Balaban J connectivity index is 1.23. The second-order valence-corrected chi connectivity index (χ2v) is 11.7. The molecule has 0 saturated heterocycles. The van der Waals surface area contributed by atoms with Crippen LogP contribution in [-0.4, -0.2) is 66.4 Å². The van der Waals surface area contributed by atoms with Gasteiger partial charge in [-0.2, -0.15) is 0 Å². The first kappa shape index (κ1) is 27.9. The van der Waals surface area contributed by atoms with E-state index in [1.54, 1.807) is 0 Å². The molecule has 5 rings (SSSR count). The molecular weight excluding hydrogens is 482 g/mol. The highest BCUT2D eigenvalue weighted by Gasteiger charge is 2.25. The molecule has 2 aliphatic carbocycles. The van der Waals surface area contributed by atoms with Crippen molar-refractivity contribution in [1.29, 1.82) is 0 Å². The first-order chi connectivity index (χ1) is 19.0.